The van der Waals surface area contributed by atoms with Gasteiger partial charge >= 0.3 is 0 Å². The molecule has 0 aromatic carbocycles. The van der Waals surface area contributed by atoms with E-state index in [1.54, 1.807) is 22.0 Å². The molecule has 1 aliphatic rings. The number of aromatic nitrogens is 3. The number of rotatable bonds is 1. The van der Waals surface area contributed by atoms with Crippen molar-refractivity contribution in [1.82, 2.24) is 19.5 Å². The second kappa shape index (κ2) is 5.16. The Hall–Kier alpha value is -2.21. The first-order valence-electron chi connectivity index (χ1n) is 7.75. The lowest BCUT2D eigenvalue weighted by molar-refractivity contribution is 0.0677. The number of hydrogen-bond donors (Lipinski definition) is 0. The molecule has 23 heavy (non-hydrogen) atoms. The number of carbonyl (C=O) groups is 1. The van der Waals surface area contributed by atoms with Crippen LogP contribution in [0, 0.1) is 13.8 Å². The summed E-state index contributed by atoms with van der Waals surface area (Å²) in [4.78, 5) is 20.8. The van der Waals surface area contributed by atoms with Crippen LogP contribution in [-0.4, -0.2) is 31.9 Å². The van der Waals surface area contributed by atoms with Crippen molar-refractivity contribution in [1.29, 1.82) is 0 Å². The van der Waals surface area contributed by atoms with Crippen molar-refractivity contribution in [3.63, 3.8) is 0 Å². The minimum atomic E-state index is 0.0365. The van der Waals surface area contributed by atoms with E-state index in [1.165, 1.54) is 10.4 Å². The monoisotopic (exact) mass is 326 g/mol. The second-order valence-electron chi connectivity index (χ2n) is 6.04. The Balaban J connectivity index is 1.74. The number of fused-ring (bicyclic) bond motifs is 2. The first-order valence-corrected chi connectivity index (χ1v) is 8.63. The molecule has 4 rings (SSSR count). The highest BCUT2D eigenvalue weighted by atomic mass is 32.1. The van der Waals surface area contributed by atoms with Gasteiger partial charge in [-0.25, -0.2) is 9.50 Å². The molecule has 0 radical (unpaired) electrons. The number of carbonyl (C=O) groups excluding carboxylic acids is 1. The smallest absolute Gasteiger partial charge is 0.257 e. The summed E-state index contributed by atoms with van der Waals surface area (Å²) in [5.74, 6) is 0.0365. The minimum Gasteiger partial charge on any atom is -0.331 e. The molecular weight excluding hydrogens is 308 g/mol. The lowest BCUT2D eigenvalue weighted by Crippen LogP contribution is -2.38. The molecule has 3 aromatic rings. The molecule has 1 unspecified atom stereocenters. The summed E-state index contributed by atoms with van der Waals surface area (Å²) in [5.41, 5.74) is 4.43. The Morgan fingerprint density at radius 1 is 1.39 bits per heavy atom. The van der Waals surface area contributed by atoms with Crippen LogP contribution in [-0.2, 0) is 6.42 Å². The Labute approximate surface area is 138 Å². The van der Waals surface area contributed by atoms with Crippen LogP contribution in [0.25, 0.3) is 5.65 Å². The first kappa shape index (κ1) is 14.4. The zero-order chi connectivity index (χ0) is 16.1. The lowest BCUT2D eigenvalue weighted by atomic mass is 10.0. The Morgan fingerprint density at radius 2 is 2.22 bits per heavy atom. The molecular formula is C17H18N4OS. The first-order chi connectivity index (χ1) is 11.1. The van der Waals surface area contributed by atoms with Crippen molar-refractivity contribution < 1.29 is 4.79 Å². The molecule has 0 aliphatic carbocycles. The van der Waals surface area contributed by atoms with Crippen LogP contribution in [0.5, 0.6) is 0 Å². The third kappa shape index (κ3) is 2.16. The van der Waals surface area contributed by atoms with Gasteiger partial charge in [0.15, 0.2) is 5.65 Å². The molecule has 3 aromatic heterocycles. The SMILES string of the molecule is Cc1cc2ncc(C(=O)N3CCc4sccc4C3C)c(C)n2n1. The van der Waals surface area contributed by atoms with Gasteiger partial charge in [0.05, 0.1) is 23.0 Å². The van der Waals surface area contributed by atoms with E-state index in [9.17, 15) is 4.79 Å². The maximum Gasteiger partial charge on any atom is 0.257 e. The fraction of sp³-hybridized carbons (Fsp3) is 0.353. The number of aryl methyl sites for hydroxylation is 2. The predicted molar refractivity (Wildman–Crippen MR) is 89.9 cm³/mol. The maximum absolute atomic E-state index is 13.1. The van der Waals surface area contributed by atoms with E-state index in [2.05, 4.69) is 28.5 Å². The summed E-state index contributed by atoms with van der Waals surface area (Å²) in [7, 11) is 0. The predicted octanol–water partition coefficient (Wildman–Crippen LogP) is 3.17. The molecule has 1 atom stereocenters. The Kier molecular flexibility index (Phi) is 3.23. The lowest BCUT2D eigenvalue weighted by Gasteiger charge is -2.34. The average molecular weight is 326 g/mol. The zero-order valence-electron chi connectivity index (χ0n) is 13.4. The number of amides is 1. The van der Waals surface area contributed by atoms with Crippen LogP contribution < -0.4 is 0 Å². The van der Waals surface area contributed by atoms with Gasteiger partial charge in [0.25, 0.3) is 5.91 Å². The fourth-order valence-electron chi connectivity index (χ4n) is 3.31. The third-order valence-electron chi connectivity index (χ3n) is 4.61. The molecule has 0 fully saturated rings. The van der Waals surface area contributed by atoms with Crippen LogP contribution in [0.15, 0.2) is 23.7 Å². The summed E-state index contributed by atoms with van der Waals surface area (Å²) >= 11 is 1.78. The average Bonchev–Trinajstić information content (AvgIpc) is 3.14. The van der Waals surface area contributed by atoms with Crippen molar-refractivity contribution in [2.24, 2.45) is 0 Å². The van der Waals surface area contributed by atoms with Crippen LogP contribution in [0.2, 0.25) is 0 Å². The summed E-state index contributed by atoms with van der Waals surface area (Å²) in [6, 6.07) is 4.16. The topological polar surface area (TPSA) is 50.5 Å². The van der Waals surface area contributed by atoms with Crippen LogP contribution >= 0.6 is 11.3 Å². The van der Waals surface area contributed by atoms with Gasteiger partial charge in [-0.2, -0.15) is 5.10 Å². The number of hydrogen-bond acceptors (Lipinski definition) is 4. The standard InChI is InChI=1S/C17H18N4OS/c1-10-8-16-18-9-14(12(3)21(16)19-10)17(22)20-6-4-15-13(11(20)2)5-7-23-15/h5,7-9,11H,4,6H2,1-3H3. The summed E-state index contributed by atoms with van der Waals surface area (Å²) in [6.45, 7) is 6.71. The highest BCUT2D eigenvalue weighted by molar-refractivity contribution is 7.10. The quantitative estimate of drug-likeness (QED) is 0.690. The molecule has 6 heteroatoms. The van der Waals surface area contributed by atoms with Gasteiger partial charge in [0.1, 0.15) is 0 Å². The molecule has 0 saturated carbocycles. The second-order valence-corrected chi connectivity index (χ2v) is 7.04. The van der Waals surface area contributed by atoms with Crippen LogP contribution in [0.4, 0.5) is 0 Å². The molecule has 0 saturated heterocycles. The zero-order valence-corrected chi connectivity index (χ0v) is 14.2. The van der Waals surface area contributed by atoms with Crippen molar-refractivity contribution in [2.45, 2.75) is 33.2 Å². The van der Waals surface area contributed by atoms with E-state index in [-0.39, 0.29) is 11.9 Å². The molecule has 0 spiro atoms. The van der Waals surface area contributed by atoms with Crippen LogP contribution in [0.1, 0.15) is 45.2 Å². The van der Waals surface area contributed by atoms with Crippen molar-refractivity contribution in [3.05, 3.63) is 51.1 Å². The number of nitrogens with zero attached hydrogens (tertiary/aromatic N) is 4. The summed E-state index contributed by atoms with van der Waals surface area (Å²) in [5, 5.41) is 6.54. The minimum absolute atomic E-state index is 0.0365. The van der Waals surface area contributed by atoms with E-state index in [1.807, 2.05) is 24.8 Å². The highest BCUT2D eigenvalue weighted by Crippen LogP contribution is 2.33. The Morgan fingerprint density at radius 3 is 3.04 bits per heavy atom. The van der Waals surface area contributed by atoms with Crippen molar-refractivity contribution in [2.75, 3.05) is 6.54 Å². The van der Waals surface area contributed by atoms with Gasteiger partial charge in [0.2, 0.25) is 0 Å². The fourth-order valence-corrected chi connectivity index (χ4v) is 4.28. The van der Waals surface area contributed by atoms with E-state index in [0.29, 0.717) is 5.56 Å². The summed E-state index contributed by atoms with van der Waals surface area (Å²) in [6.07, 6.45) is 2.61. The van der Waals surface area contributed by atoms with Crippen LogP contribution in [0.3, 0.4) is 0 Å². The molecule has 1 aliphatic heterocycles. The molecule has 4 heterocycles. The highest BCUT2D eigenvalue weighted by Gasteiger charge is 2.30. The molecule has 0 N–H and O–H groups in total. The number of thiophene rings is 1. The molecule has 1 amide bonds. The van der Waals surface area contributed by atoms with Gasteiger partial charge in [-0.3, -0.25) is 4.79 Å². The maximum atomic E-state index is 13.1. The van der Waals surface area contributed by atoms with Gasteiger partial charge in [-0.1, -0.05) is 0 Å². The summed E-state index contributed by atoms with van der Waals surface area (Å²) < 4.78 is 1.76. The molecule has 5 nitrogen and oxygen atoms in total. The Bertz CT molecular complexity index is 911. The normalized spacial score (nSPS) is 17.5. The van der Waals surface area contributed by atoms with Crippen molar-refractivity contribution in [3.8, 4) is 0 Å². The molecule has 0 bridgehead atoms. The molecule has 118 valence electrons. The van der Waals surface area contributed by atoms with Gasteiger partial charge in [-0.15, -0.1) is 11.3 Å². The van der Waals surface area contributed by atoms with E-state index < -0.39 is 0 Å². The van der Waals surface area contributed by atoms with E-state index in [4.69, 9.17) is 0 Å². The van der Waals surface area contributed by atoms with E-state index >= 15 is 0 Å². The van der Waals surface area contributed by atoms with Crippen molar-refractivity contribution >= 4 is 22.9 Å². The largest absolute Gasteiger partial charge is 0.331 e. The van der Waals surface area contributed by atoms with Gasteiger partial charge in [-0.05, 0) is 44.2 Å². The van der Waals surface area contributed by atoms with Gasteiger partial charge < -0.3 is 4.90 Å². The van der Waals surface area contributed by atoms with Gasteiger partial charge in [0, 0.05) is 23.7 Å². The third-order valence-corrected chi connectivity index (χ3v) is 5.61. The van der Waals surface area contributed by atoms with E-state index in [0.717, 1.165) is 30.0 Å².